The van der Waals surface area contributed by atoms with Crippen molar-refractivity contribution in [3.05, 3.63) is 34.4 Å². The fourth-order valence-corrected chi connectivity index (χ4v) is 4.87. The van der Waals surface area contributed by atoms with E-state index in [0.29, 0.717) is 6.42 Å². The quantitative estimate of drug-likeness (QED) is 0.786. The molecule has 1 unspecified atom stereocenters. The van der Waals surface area contributed by atoms with Gasteiger partial charge in [0.05, 0.1) is 11.5 Å². The van der Waals surface area contributed by atoms with Crippen LogP contribution in [-0.2, 0) is 29.1 Å². The van der Waals surface area contributed by atoms with Gasteiger partial charge in [-0.25, -0.2) is 8.42 Å². The molecule has 0 N–H and O–H groups in total. The zero-order valence-corrected chi connectivity index (χ0v) is 13.9. The molecule has 1 aromatic rings. The van der Waals surface area contributed by atoms with Crippen molar-refractivity contribution >= 4 is 15.6 Å². The van der Waals surface area contributed by atoms with Crippen LogP contribution in [0.4, 0.5) is 0 Å². The van der Waals surface area contributed by atoms with Crippen LogP contribution in [-0.4, -0.2) is 25.7 Å². The maximum atomic E-state index is 12.8. The highest BCUT2D eigenvalue weighted by Crippen LogP contribution is 2.28. The molecule has 1 fully saturated rings. The van der Waals surface area contributed by atoms with Crippen molar-refractivity contribution in [1.29, 1.82) is 0 Å². The molecule has 0 radical (unpaired) electrons. The lowest BCUT2D eigenvalue weighted by Crippen LogP contribution is -2.20. The van der Waals surface area contributed by atoms with Gasteiger partial charge in [-0.15, -0.1) is 0 Å². The van der Waals surface area contributed by atoms with Crippen LogP contribution in [0.1, 0.15) is 54.2 Å². The topological polar surface area (TPSA) is 51.2 Å². The summed E-state index contributed by atoms with van der Waals surface area (Å²) < 4.78 is 23.3. The Bertz CT molecular complexity index is 619. The van der Waals surface area contributed by atoms with E-state index in [-0.39, 0.29) is 23.2 Å². The first-order valence-corrected chi connectivity index (χ1v) is 9.63. The Morgan fingerprint density at radius 2 is 1.67 bits per heavy atom. The van der Waals surface area contributed by atoms with E-state index in [1.165, 1.54) is 5.56 Å². The van der Waals surface area contributed by atoms with E-state index in [1.54, 1.807) is 0 Å². The van der Waals surface area contributed by atoms with Gasteiger partial charge in [-0.2, -0.15) is 0 Å². The minimum absolute atomic E-state index is 0.0215. The molecule has 0 amide bonds. The van der Waals surface area contributed by atoms with E-state index in [2.05, 4.69) is 32.9 Å². The maximum Gasteiger partial charge on any atom is 0.167 e. The molecule has 116 valence electrons. The molecule has 1 aliphatic heterocycles. The number of carbonyl (C=O) groups excluding carboxylic acids is 1. The van der Waals surface area contributed by atoms with Crippen molar-refractivity contribution in [3.8, 4) is 0 Å². The van der Waals surface area contributed by atoms with Crippen LogP contribution in [0.5, 0.6) is 0 Å². The summed E-state index contributed by atoms with van der Waals surface area (Å²) in [5.41, 5.74) is 4.18. The highest BCUT2D eigenvalue weighted by molar-refractivity contribution is 7.91. The number of rotatable bonds is 5. The molecule has 1 atom stereocenters. The fraction of sp³-hybridized carbons (Fsp3) is 0.588. The Morgan fingerprint density at radius 3 is 2.05 bits per heavy atom. The molecule has 1 saturated heterocycles. The van der Waals surface area contributed by atoms with Gasteiger partial charge in [0.25, 0.3) is 0 Å². The molecule has 3 nitrogen and oxygen atoms in total. The second-order valence-corrected chi connectivity index (χ2v) is 8.04. The molecule has 1 aromatic carbocycles. The van der Waals surface area contributed by atoms with Gasteiger partial charge < -0.3 is 0 Å². The lowest BCUT2D eigenvalue weighted by molar-refractivity contribution is 0.0931. The van der Waals surface area contributed by atoms with Gasteiger partial charge in [0.1, 0.15) is 0 Å². The fourth-order valence-electron chi connectivity index (χ4n) is 3.12. The first kappa shape index (κ1) is 16.2. The SMILES string of the molecule is CCc1cc(CC)c(C(=O)C2CCS(=O)(=O)C2)c(CC)c1. The zero-order chi connectivity index (χ0) is 15.6. The van der Waals surface area contributed by atoms with Gasteiger partial charge in [0.15, 0.2) is 15.6 Å². The molecule has 0 aromatic heterocycles. The van der Waals surface area contributed by atoms with Crippen LogP contribution >= 0.6 is 0 Å². The van der Waals surface area contributed by atoms with Gasteiger partial charge in [-0.1, -0.05) is 32.9 Å². The normalized spacial score (nSPS) is 20.6. The zero-order valence-electron chi connectivity index (χ0n) is 13.1. The predicted molar refractivity (Wildman–Crippen MR) is 85.7 cm³/mol. The van der Waals surface area contributed by atoms with Crippen LogP contribution in [0.15, 0.2) is 12.1 Å². The first-order chi connectivity index (χ1) is 9.91. The number of sulfone groups is 1. The maximum absolute atomic E-state index is 12.8. The third-order valence-corrected chi connectivity index (χ3v) is 6.15. The number of benzene rings is 1. The number of hydrogen-bond acceptors (Lipinski definition) is 3. The third-order valence-electron chi connectivity index (χ3n) is 4.38. The van der Waals surface area contributed by atoms with Crippen molar-refractivity contribution in [2.45, 2.75) is 46.5 Å². The summed E-state index contributed by atoms with van der Waals surface area (Å²) in [5, 5.41) is 0. The van der Waals surface area contributed by atoms with Gasteiger partial charge in [-0.05, 0) is 42.4 Å². The molecule has 21 heavy (non-hydrogen) atoms. The summed E-state index contributed by atoms with van der Waals surface area (Å²) in [5.74, 6) is -0.141. The Kier molecular flexibility index (Phi) is 4.87. The Labute approximate surface area is 127 Å². The van der Waals surface area contributed by atoms with Crippen molar-refractivity contribution in [3.63, 3.8) is 0 Å². The van der Waals surface area contributed by atoms with Crippen LogP contribution in [0, 0.1) is 5.92 Å². The first-order valence-electron chi connectivity index (χ1n) is 7.81. The molecular weight excluding hydrogens is 284 g/mol. The van der Waals surface area contributed by atoms with E-state index in [9.17, 15) is 13.2 Å². The highest BCUT2D eigenvalue weighted by Gasteiger charge is 2.34. The Morgan fingerprint density at radius 1 is 1.10 bits per heavy atom. The summed E-state index contributed by atoms with van der Waals surface area (Å²) in [6.45, 7) is 6.21. The average molecular weight is 308 g/mol. The summed E-state index contributed by atoms with van der Waals surface area (Å²) in [7, 11) is -3.02. The molecule has 0 bridgehead atoms. The number of carbonyl (C=O) groups is 1. The Balaban J connectivity index is 2.45. The minimum atomic E-state index is -3.02. The predicted octanol–water partition coefficient (Wildman–Crippen LogP) is 2.99. The van der Waals surface area contributed by atoms with Crippen molar-refractivity contribution in [1.82, 2.24) is 0 Å². The largest absolute Gasteiger partial charge is 0.294 e. The number of aryl methyl sites for hydroxylation is 3. The smallest absolute Gasteiger partial charge is 0.167 e. The number of hydrogen-bond donors (Lipinski definition) is 0. The summed E-state index contributed by atoms with van der Waals surface area (Å²) in [6.07, 6.45) is 3.04. The van der Waals surface area contributed by atoms with E-state index < -0.39 is 9.84 Å². The van der Waals surface area contributed by atoms with Gasteiger partial charge in [0, 0.05) is 11.5 Å². The molecule has 0 aliphatic carbocycles. The molecular formula is C17H24O3S. The third kappa shape index (κ3) is 3.37. The molecule has 0 saturated carbocycles. The summed E-state index contributed by atoms with van der Waals surface area (Å²) >= 11 is 0. The summed E-state index contributed by atoms with van der Waals surface area (Å²) in [6, 6.07) is 4.21. The van der Waals surface area contributed by atoms with Crippen LogP contribution < -0.4 is 0 Å². The van der Waals surface area contributed by atoms with Crippen molar-refractivity contribution in [2.75, 3.05) is 11.5 Å². The molecule has 0 spiro atoms. The van der Waals surface area contributed by atoms with E-state index in [4.69, 9.17) is 0 Å². The second-order valence-electron chi connectivity index (χ2n) is 5.81. The van der Waals surface area contributed by atoms with Gasteiger partial charge in [-0.3, -0.25) is 4.79 Å². The standard InChI is InChI=1S/C17H24O3S/c1-4-12-9-13(5-2)16(14(6-3)10-12)17(18)15-7-8-21(19,20)11-15/h9-10,15H,4-8,11H2,1-3H3. The minimum Gasteiger partial charge on any atom is -0.294 e. The van der Waals surface area contributed by atoms with Crippen LogP contribution in [0.2, 0.25) is 0 Å². The van der Waals surface area contributed by atoms with Crippen molar-refractivity contribution in [2.24, 2.45) is 5.92 Å². The lowest BCUT2D eigenvalue weighted by atomic mass is 9.86. The van der Waals surface area contributed by atoms with E-state index >= 15 is 0 Å². The van der Waals surface area contributed by atoms with Crippen molar-refractivity contribution < 1.29 is 13.2 Å². The monoisotopic (exact) mass is 308 g/mol. The molecule has 1 heterocycles. The summed E-state index contributed by atoms with van der Waals surface area (Å²) in [4.78, 5) is 12.8. The van der Waals surface area contributed by atoms with Gasteiger partial charge >= 0.3 is 0 Å². The molecule has 1 aliphatic rings. The van der Waals surface area contributed by atoms with Crippen LogP contribution in [0.3, 0.4) is 0 Å². The number of ketones is 1. The Hall–Kier alpha value is -1.16. The molecule has 2 rings (SSSR count). The van der Waals surface area contributed by atoms with E-state index in [0.717, 1.165) is 36.0 Å². The lowest BCUT2D eigenvalue weighted by Gasteiger charge is -2.17. The van der Waals surface area contributed by atoms with Gasteiger partial charge in [0.2, 0.25) is 0 Å². The van der Waals surface area contributed by atoms with Crippen LogP contribution in [0.25, 0.3) is 0 Å². The van der Waals surface area contributed by atoms with E-state index in [1.807, 2.05) is 0 Å². The second kappa shape index (κ2) is 6.30. The highest BCUT2D eigenvalue weighted by atomic mass is 32.2. The molecule has 4 heteroatoms. The average Bonchev–Trinajstić information content (AvgIpc) is 2.85. The number of Topliss-reactive ketones (excluding diaryl/α,β-unsaturated/α-hetero) is 1.